The number of thioether (sulfide) groups is 1. The first kappa shape index (κ1) is 19.2. The molecule has 29 heavy (non-hydrogen) atoms. The number of nitrogens with one attached hydrogen (secondary N) is 1. The van der Waals surface area contributed by atoms with E-state index in [4.69, 9.17) is 4.74 Å². The molecule has 9 nitrogen and oxygen atoms in total. The Morgan fingerprint density at radius 1 is 1.21 bits per heavy atom. The first-order valence-electron chi connectivity index (χ1n) is 9.22. The molecule has 0 radical (unpaired) electrons. The minimum absolute atomic E-state index is 0.0577. The van der Waals surface area contributed by atoms with E-state index in [-0.39, 0.29) is 17.4 Å². The molecule has 0 saturated carbocycles. The summed E-state index contributed by atoms with van der Waals surface area (Å²) in [4.78, 5) is 29.7. The van der Waals surface area contributed by atoms with E-state index < -0.39 is 0 Å². The van der Waals surface area contributed by atoms with Crippen molar-refractivity contribution in [3.05, 3.63) is 47.8 Å². The number of carbonyl (C=O) groups is 2. The average Bonchev–Trinajstić information content (AvgIpc) is 3.53. The lowest BCUT2D eigenvalue weighted by molar-refractivity contribution is 0.0787. The maximum Gasteiger partial charge on any atom is 0.270 e. The molecule has 1 saturated heterocycles. The van der Waals surface area contributed by atoms with Crippen LogP contribution >= 0.6 is 11.8 Å². The lowest BCUT2D eigenvalue weighted by atomic mass is 10.2. The van der Waals surface area contributed by atoms with Crippen molar-refractivity contribution in [1.82, 2.24) is 30.1 Å². The van der Waals surface area contributed by atoms with E-state index in [1.54, 1.807) is 29.0 Å². The van der Waals surface area contributed by atoms with Crippen LogP contribution in [-0.4, -0.2) is 67.7 Å². The number of benzene rings is 1. The molecular formula is C19H20N6O3S. The molecule has 2 aromatic heterocycles. The van der Waals surface area contributed by atoms with Crippen LogP contribution in [0.2, 0.25) is 0 Å². The number of likely N-dealkylation sites (tertiary alicyclic amines) is 1. The smallest absolute Gasteiger partial charge is 0.270 e. The van der Waals surface area contributed by atoms with Gasteiger partial charge in [0, 0.05) is 24.8 Å². The van der Waals surface area contributed by atoms with Crippen LogP contribution in [0.4, 0.5) is 0 Å². The molecule has 0 bridgehead atoms. The zero-order valence-electron chi connectivity index (χ0n) is 15.9. The molecule has 0 spiro atoms. The minimum atomic E-state index is -0.101. The van der Waals surface area contributed by atoms with Gasteiger partial charge in [-0.05, 0) is 53.6 Å². The maximum atomic E-state index is 12.6. The van der Waals surface area contributed by atoms with Crippen molar-refractivity contribution in [2.24, 2.45) is 0 Å². The third-order valence-corrected chi connectivity index (χ3v) is 5.64. The van der Waals surface area contributed by atoms with Crippen LogP contribution < -0.4 is 4.74 Å². The van der Waals surface area contributed by atoms with Gasteiger partial charge in [-0.25, -0.2) is 0 Å². The highest BCUT2D eigenvalue weighted by Crippen LogP contribution is 2.22. The topological polar surface area (TPSA) is 106 Å². The van der Waals surface area contributed by atoms with E-state index >= 15 is 0 Å². The number of aromatic nitrogens is 5. The van der Waals surface area contributed by atoms with Crippen LogP contribution in [0.15, 0.2) is 41.7 Å². The van der Waals surface area contributed by atoms with Crippen LogP contribution in [0.5, 0.6) is 5.75 Å². The monoisotopic (exact) mass is 412 g/mol. The summed E-state index contributed by atoms with van der Waals surface area (Å²) in [5, 5.41) is 12.2. The molecule has 0 atom stereocenters. The van der Waals surface area contributed by atoms with Gasteiger partial charge in [-0.3, -0.25) is 9.59 Å². The van der Waals surface area contributed by atoms with Crippen LogP contribution in [0.25, 0.3) is 5.69 Å². The van der Waals surface area contributed by atoms with Gasteiger partial charge in [0.25, 0.3) is 5.91 Å². The van der Waals surface area contributed by atoms with E-state index in [9.17, 15) is 9.59 Å². The number of ether oxygens (including phenoxy) is 1. The quantitative estimate of drug-likeness (QED) is 0.468. The van der Waals surface area contributed by atoms with Crippen LogP contribution in [-0.2, 0) is 0 Å². The number of rotatable bonds is 7. The summed E-state index contributed by atoms with van der Waals surface area (Å²) in [6.07, 6.45) is 3.63. The summed E-state index contributed by atoms with van der Waals surface area (Å²) in [5.74, 6) is 0.734. The predicted octanol–water partition coefficient (Wildman–Crippen LogP) is 2.21. The van der Waals surface area contributed by atoms with Crippen molar-refractivity contribution in [3.8, 4) is 11.4 Å². The molecule has 4 rings (SSSR count). The van der Waals surface area contributed by atoms with Crippen LogP contribution in [0, 0.1) is 0 Å². The Morgan fingerprint density at radius 2 is 1.97 bits per heavy atom. The second-order valence-corrected chi connectivity index (χ2v) is 7.53. The number of nitrogens with zero attached hydrogens (tertiary/aromatic N) is 5. The van der Waals surface area contributed by atoms with Gasteiger partial charge < -0.3 is 14.6 Å². The summed E-state index contributed by atoms with van der Waals surface area (Å²) in [7, 11) is 1.60. The van der Waals surface area contributed by atoms with Crippen molar-refractivity contribution in [1.29, 1.82) is 0 Å². The normalized spacial score (nSPS) is 13.6. The Morgan fingerprint density at radius 3 is 2.69 bits per heavy atom. The fraction of sp³-hybridized carbons (Fsp3) is 0.316. The molecule has 1 aliphatic heterocycles. The van der Waals surface area contributed by atoms with E-state index in [0.717, 1.165) is 37.4 Å². The number of amides is 1. The third kappa shape index (κ3) is 4.16. The molecule has 3 aromatic rings. The van der Waals surface area contributed by atoms with Crippen LogP contribution in [0.3, 0.4) is 0 Å². The molecule has 1 N–H and O–H groups in total. The van der Waals surface area contributed by atoms with E-state index in [2.05, 4.69) is 20.5 Å². The first-order chi connectivity index (χ1) is 14.2. The molecule has 1 amide bonds. The fourth-order valence-electron chi connectivity index (χ4n) is 3.14. The number of aromatic amines is 1. The number of hydrogen-bond acceptors (Lipinski definition) is 7. The van der Waals surface area contributed by atoms with E-state index in [1.165, 1.54) is 11.8 Å². The Labute approximate surface area is 171 Å². The summed E-state index contributed by atoms with van der Waals surface area (Å²) in [6, 6.07) is 8.92. The molecular weight excluding hydrogens is 392 g/mol. The average molecular weight is 412 g/mol. The molecule has 0 aliphatic carbocycles. The van der Waals surface area contributed by atoms with Gasteiger partial charge >= 0.3 is 0 Å². The minimum Gasteiger partial charge on any atom is -0.497 e. The van der Waals surface area contributed by atoms with Gasteiger partial charge in [0.15, 0.2) is 5.78 Å². The standard InChI is InChI=1S/C19H20N6O3S/c1-28-15-6-4-14(5-7-15)25-19(21-22-23-25)29-12-17(26)13-10-16(20-11-13)18(27)24-8-2-3-9-24/h4-7,10-11,20H,2-3,8-9,12H2,1H3. The van der Waals surface area contributed by atoms with Crippen LogP contribution in [0.1, 0.15) is 33.7 Å². The van der Waals surface area contributed by atoms with Gasteiger partial charge in [0.1, 0.15) is 11.4 Å². The zero-order chi connectivity index (χ0) is 20.2. The number of Topliss-reactive ketones (excluding diaryl/α,β-unsaturated/α-hetero) is 1. The summed E-state index contributed by atoms with van der Waals surface area (Å²) >= 11 is 1.24. The summed E-state index contributed by atoms with van der Waals surface area (Å²) < 4.78 is 6.72. The number of H-pyrrole nitrogens is 1. The molecule has 1 aromatic carbocycles. The Bertz CT molecular complexity index is 1010. The largest absolute Gasteiger partial charge is 0.497 e. The SMILES string of the molecule is COc1ccc(-n2nnnc2SCC(=O)c2c[nH]c(C(=O)N3CCCC3)c2)cc1. The summed E-state index contributed by atoms with van der Waals surface area (Å²) in [5.41, 5.74) is 1.69. The van der Waals surface area contributed by atoms with Crippen molar-refractivity contribution in [2.75, 3.05) is 26.0 Å². The number of tetrazole rings is 1. The summed E-state index contributed by atoms with van der Waals surface area (Å²) in [6.45, 7) is 1.54. The number of hydrogen-bond donors (Lipinski definition) is 1. The second-order valence-electron chi connectivity index (χ2n) is 6.58. The van der Waals surface area contributed by atoms with E-state index in [0.29, 0.717) is 16.4 Å². The number of ketones is 1. The third-order valence-electron chi connectivity index (χ3n) is 4.72. The number of carbonyl (C=O) groups excluding carboxylic acids is 2. The van der Waals surface area contributed by atoms with Crippen molar-refractivity contribution in [2.45, 2.75) is 18.0 Å². The van der Waals surface area contributed by atoms with Gasteiger partial charge in [-0.1, -0.05) is 11.8 Å². The molecule has 1 aliphatic rings. The molecule has 1 fully saturated rings. The molecule has 10 heteroatoms. The van der Waals surface area contributed by atoms with Crippen molar-refractivity contribution in [3.63, 3.8) is 0 Å². The van der Waals surface area contributed by atoms with Gasteiger partial charge in [0.05, 0.1) is 18.6 Å². The van der Waals surface area contributed by atoms with Crippen molar-refractivity contribution >= 4 is 23.5 Å². The van der Waals surface area contributed by atoms with Crippen molar-refractivity contribution < 1.29 is 14.3 Å². The Balaban J connectivity index is 1.40. The Kier molecular flexibility index (Phi) is 5.61. The second kappa shape index (κ2) is 8.48. The predicted molar refractivity (Wildman–Crippen MR) is 107 cm³/mol. The molecule has 0 unspecified atom stereocenters. The Hall–Kier alpha value is -3.14. The van der Waals surface area contributed by atoms with Gasteiger partial charge in [-0.2, -0.15) is 4.68 Å². The highest BCUT2D eigenvalue weighted by molar-refractivity contribution is 7.99. The van der Waals surface area contributed by atoms with Gasteiger partial charge in [-0.15, -0.1) is 5.10 Å². The molecule has 150 valence electrons. The van der Waals surface area contributed by atoms with Gasteiger partial charge in [0.2, 0.25) is 5.16 Å². The number of methoxy groups -OCH3 is 1. The highest BCUT2D eigenvalue weighted by Gasteiger charge is 2.22. The maximum absolute atomic E-state index is 12.6. The molecule has 3 heterocycles. The fourth-order valence-corrected chi connectivity index (χ4v) is 3.92. The zero-order valence-corrected chi connectivity index (χ0v) is 16.7. The lowest BCUT2D eigenvalue weighted by Crippen LogP contribution is -2.27. The highest BCUT2D eigenvalue weighted by atomic mass is 32.2. The lowest BCUT2D eigenvalue weighted by Gasteiger charge is -2.13. The van der Waals surface area contributed by atoms with E-state index in [1.807, 2.05) is 24.3 Å². The first-order valence-corrected chi connectivity index (χ1v) is 10.2.